The molecule has 0 bridgehead atoms. The summed E-state index contributed by atoms with van der Waals surface area (Å²) in [6, 6.07) is 6.15. The van der Waals surface area contributed by atoms with Crippen molar-refractivity contribution in [2.45, 2.75) is 50.1 Å². The molecule has 1 aliphatic rings. The molecule has 0 radical (unpaired) electrons. The van der Waals surface area contributed by atoms with Crippen LogP contribution in [-0.2, 0) is 39.6 Å². The van der Waals surface area contributed by atoms with Crippen molar-refractivity contribution in [3.8, 4) is 17.0 Å². The van der Waals surface area contributed by atoms with E-state index in [1.807, 2.05) is 32.8 Å². The Bertz CT molecular complexity index is 1430. The molecule has 0 saturated carbocycles. The molecule has 0 fully saturated rings. The van der Waals surface area contributed by atoms with Crippen molar-refractivity contribution < 1.29 is 22.3 Å². The number of nitrogens with one attached hydrogen (secondary N) is 1. The van der Waals surface area contributed by atoms with Gasteiger partial charge < -0.3 is 9.64 Å². The number of methoxy groups -OCH3 is 1. The summed E-state index contributed by atoms with van der Waals surface area (Å²) in [5.74, 6) is -0.699. The Hall–Kier alpha value is -3.31. The molecule has 2 aromatic heterocycles. The topological polar surface area (TPSA) is 106 Å². The molecule has 11 heteroatoms. The van der Waals surface area contributed by atoms with Gasteiger partial charge in [0, 0.05) is 25.0 Å². The monoisotopic (exact) mass is 529 g/mol. The molecule has 0 aliphatic heterocycles. The standard InChI is InChI=1S/C26H32FN5O4S/c1-26(2,16-31(3)4)32-12-10-25(29-32)37(34,35)30-23(33)15-21-18-7-6-8-19(18)22(27)14-20(21)17-9-11-28-24(13-17)36-5/h9-14H,6-8,15-16H2,1-5H3,(H,30,33). The van der Waals surface area contributed by atoms with Crippen molar-refractivity contribution in [1.29, 1.82) is 0 Å². The van der Waals surface area contributed by atoms with E-state index in [-0.39, 0.29) is 17.3 Å². The Morgan fingerprint density at radius 3 is 2.65 bits per heavy atom. The summed E-state index contributed by atoms with van der Waals surface area (Å²) in [5, 5.41) is 4.00. The number of carbonyl (C=O) groups is 1. The molecule has 1 amide bonds. The van der Waals surface area contributed by atoms with Crippen LogP contribution in [0.15, 0.2) is 41.7 Å². The maximum absolute atomic E-state index is 15.0. The number of hydrogen-bond donors (Lipinski definition) is 1. The Kier molecular flexibility index (Phi) is 7.38. The summed E-state index contributed by atoms with van der Waals surface area (Å²) < 4.78 is 49.9. The molecule has 1 aromatic carbocycles. The van der Waals surface area contributed by atoms with Gasteiger partial charge >= 0.3 is 0 Å². The van der Waals surface area contributed by atoms with E-state index in [2.05, 4.69) is 14.8 Å². The third-order valence-electron chi connectivity index (χ3n) is 6.47. The maximum Gasteiger partial charge on any atom is 0.283 e. The number of pyridine rings is 1. The molecule has 1 N–H and O–H groups in total. The SMILES string of the molecule is COc1cc(-c2cc(F)c3c(c2CC(=O)NS(=O)(=O)c2ccn(C(C)(C)CN(C)C)n2)CCC3)ccn1. The molecule has 0 saturated heterocycles. The van der Waals surface area contributed by atoms with Gasteiger partial charge in [-0.25, -0.2) is 14.1 Å². The number of likely N-dealkylation sites (N-methyl/N-ethyl adjacent to an activating group) is 1. The number of hydrogen-bond acceptors (Lipinski definition) is 7. The van der Waals surface area contributed by atoms with Gasteiger partial charge in [0.1, 0.15) is 5.82 Å². The van der Waals surface area contributed by atoms with Crippen molar-refractivity contribution in [3.63, 3.8) is 0 Å². The number of carbonyl (C=O) groups excluding carboxylic acids is 1. The summed E-state index contributed by atoms with van der Waals surface area (Å²) in [4.78, 5) is 19.2. The lowest BCUT2D eigenvalue weighted by Crippen LogP contribution is -2.38. The molecule has 198 valence electrons. The van der Waals surface area contributed by atoms with Crippen LogP contribution in [0.3, 0.4) is 0 Å². The summed E-state index contributed by atoms with van der Waals surface area (Å²) in [6.45, 7) is 4.53. The van der Waals surface area contributed by atoms with E-state index in [1.54, 1.807) is 29.2 Å². The van der Waals surface area contributed by atoms with E-state index in [9.17, 15) is 17.6 Å². The van der Waals surface area contributed by atoms with E-state index in [4.69, 9.17) is 4.74 Å². The number of fused-ring (bicyclic) bond motifs is 1. The maximum atomic E-state index is 15.0. The number of rotatable bonds is 9. The molecule has 37 heavy (non-hydrogen) atoms. The zero-order chi connectivity index (χ0) is 27.0. The van der Waals surface area contributed by atoms with Gasteiger partial charge in [-0.05, 0) is 93.2 Å². The van der Waals surface area contributed by atoms with Crippen LogP contribution in [-0.4, -0.2) is 61.7 Å². The van der Waals surface area contributed by atoms with Crippen LogP contribution in [0.2, 0.25) is 0 Å². The van der Waals surface area contributed by atoms with E-state index in [0.717, 1.165) is 12.0 Å². The third-order valence-corrected chi connectivity index (χ3v) is 7.74. The van der Waals surface area contributed by atoms with Crippen molar-refractivity contribution in [1.82, 2.24) is 24.4 Å². The Labute approximate surface area is 216 Å². The first-order chi connectivity index (χ1) is 17.4. The average Bonchev–Trinajstić information content (AvgIpc) is 3.51. The van der Waals surface area contributed by atoms with Crippen LogP contribution in [0.5, 0.6) is 5.88 Å². The first-order valence-corrected chi connectivity index (χ1v) is 13.5. The van der Waals surface area contributed by atoms with Gasteiger partial charge in [-0.3, -0.25) is 9.48 Å². The van der Waals surface area contributed by atoms with Gasteiger partial charge in [-0.1, -0.05) is 0 Å². The minimum atomic E-state index is -4.21. The zero-order valence-electron chi connectivity index (χ0n) is 21.7. The second-order valence-electron chi connectivity index (χ2n) is 10.1. The van der Waals surface area contributed by atoms with Crippen LogP contribution in [0.1, 0.15) is 37.0 Å². The summed E-state index contributed by atoms with van der Waals surface area (Å²) in [6.07, 6.45) is 4.86. The average molecular weight is 530 g/mol. The minimum absolute atomic E-state index is 0.228. The first-order valence-electron chi connectivity index (χ1n) is 12.0. The van der Waals surface area contributed by atoms with Crippen LogP contribution in [0.4, 0.5) is 4.39 Å². The van der Waals surface area contributed by atoms with Gasteiger partial charge in [0.15, 0.2) is 5.03 Å². The normalized spacial score (nSPS) is 13.6. The number of amides is 1. The fourth-order valence-corrected chi connectivity index (χ4v) is 5.90. The van der Waals surface area contributed by atoms with E-state index in [1.165, 1.54) is 19.2 Å². The predicted molar refractivity (Wildman–Crippen MR) is 137 cm³/mol. The van der Waals surface area contributed by atoms with Crippen molar-refractivity contribution >= 4 is 15.9 Å². The molecule has 3 aromatic rings. The number of aromatic nitrogens is 3. The molecule has 2 heterocycles. The lowest BCUT2D eigenvalue weighted by atomic mass is 9.91. The smallest absolute Gasteiger partial charge is 0.283 e. The third kappa shape index (κ3) is 5.67. The number of halogens is 1. The molecular weight excluding hydrogens is 497 g/mol. The zero-order valence-corrected chi connectivity index (χ0v) is 22.5. The Balaban J connectivity index is 1.63. The number of nitrogens with zero attached hydrogens (tertiary/aromatic N) is 4. The molecule has 0 unspecified atom stereocenters. The van der Waals surface area contributed by atoms with E-state index < -0.39 is 21.5 Å². The van der Waals surface area contributed by atoms with Crippen molar-refractivity contribution in [3.05, 3.63) is 59.2 Å². The van der Waals surface area contributed by atoms with Crippen LogP contribution in [0.25, 0.3) is 11.1 Å². The van der Waals surface area contributed by atoms with Gasteiger partial charge in [0.05, 0.1) is 19.1 Å². The predicted octanol–water partition coefficient (Wildman–Crippen LogP) is 2.93. The van der Waals surface area contributed by atoms with Gasteiger partial charge in [0.2, 0.25) is 11.8 Å². The minimum Gasteiger partial charge on any atom is -0.481 e. The number of benzene rings is 1. The van der Waals surface area contributed by atoms with Gasteiger partial charge in [0.25, 0.3) is 10.0 Å². The quantitative estimate of drug-likeness (QED) is 0.454. The van der Waals surface area contributed by atoms with E-state index in [0.29, 0.717) is 47.5 Å². The van der Waals surface area contributed by atoms with Crippen molar-refractivity contribution in [2.24, 2.45) is 0 Å². The molecule has 1 aliphatic carbocycles. The fraction of sp³-hybridized carbons (Fsp3) is 0.423. The lowest BCUT2D eigenvalue weighted by Gasteiger charge is -2.28. The summed E-state index contributed by atoms with van der Waals surface area (Å²) in [5.41, 5.74) is 2.63. The van der Waals surface area contributed by atoms with Crippen LogP contribution < -0.4 is 9.46 Å². The second-order valence-corrected chi connectivity index (χ2v) is 11.8. The number of ether oxygens (including phenoxy) is 1. The van der Waals surface area contributed by atoms with Gasteiger partial charge in [-0.2, -0.15) is 13.5 Å². The lowest BCUT2D eigenvalue weighted by molar-refractivity contribution is -0.118. The van der Waals surface area contributed by atoms with Crippen LogP contribution >= 0.6 is 0 Å². The highest BCUT2D eigenvalue weighted by Gasteiger charge is 2.29. The molecule has 9 nitrogen and oxygen atoms in total. The second kappa shape index (κ2) is 10.2. The highest BCUT2D eigenvalue weighted by molar-refractivity contribution is 7.90. The number of sulfonamides is 1. The first kappa shape index (κ1) is 26.7. The molecule has 4 rings (SSSR count). The molecule has 0 spiro atoms. The largest absolute Gasteiger partial charge is 0.481 e. The highest BCUT2D eigenvalue weighted by atomic mass is 32.2. The molecule has 0 atom stereocenters. The van der Waals surface area contributed by atoms with Gasteiger partial charge in [-0.15, -0.1) is 0 Å². The molecular formula is C26H32FN5O4S. The fourth-order valence-electron chi connectivity index (χ4n) is 4.98. The summed E-state index contributed by atoms with van der Waals surface area (Å²) in [7, 11) is 1.12. The summed E-state index contributed by atoms with van der Waals surface area (Å²) >= 11 is 0. The Morgan fingerprint density at radius 1 is 1.22 bits per heavy atom. The highest BCUT2D eigenvalue weighted by Crippen LogP contribution is 2.36. The van der Waals surface area contributed by atoms with Crippen LogP contribution in [0, 0.1) is 5.82 Å². The Morgan fingerprint density at radius 2 is 1.95 bits per heavy atom. The van der Waals surface area contributed by atoms with Crippen molar-refractivity contribution in [2.75, 3.05) is 27.7 Å². The van der Waals surface area contributed by atoms with E-state index >= 15 is 0 Å².